The highest BCUT2D eigenvalue weighted by Crippen LogP contribution is 2.37. The van der Waals surface area contributed by atoms with Crippen molar-refractivity contribution < 1.29 is 19.8 Å². The molecule has 2 aliphatic heterocycles. The zero-order valence-electron chi connectivity index (χ0n) is 25.3. The van der Waals surface area contributed by atoms with Gasteiger partial charge in [-0.05, 0) is 24.3 Å². The summed E-state index contributed by atoms with van der Waals surface area (Å²) in [6.07, 6.45) is 5.83. The van der Waals surface area contributed by atoms with E-state index in [-0.39, 0.29) is 23.6 Å². The van der Waals surface area contributed by atoms with Crippen molar-refractivity contribution in [2.75, 3.05) is 30.3 Å². The van der Waals surface area contributed by atoms with Crippen LogP contribution in [0, 0.1) is 0 Å². The fourth-order valence-corrected chi connectivity index (χ4v) is 5.53. The van der Waals surface area contributed by atoms with Crippen molar-refractivity contribution in [3.05, 3.63) is 58.3 Å². The fraction of sp³-hybridized carbons (Fsp3) is 0.400. The van der Waals surface area contributed by atoms with E-state index in [0.717, 1.165) is 11.3 Å². The Balaban J connectivity index is 0.000000351. The molecule has 0 aliphatic carbocycles. The molecule has 0 spiro atoms. The minimum Gasteiger partial charge on any atom is -0.494 e. The summed E-state index contributed by atoms with van der Waals surface area (Å²) in [5.74, 6) is 1.50. The summed E-state index contributed by atoms with van der Waals surface area (Å²) in [7, 11) is 0. The number of carbonyl (C=O) groups is 2. The van der Waals surface area contributed by atoms with Gasteiger partial charge in [-0.15, -0.1) is 0 Å². The normalized spacial score (nSPS) is 12.2. The van der Waals surface area contributed by atoms with Crippen LogP contribution in [0.4, 0.5) is 0 Å². The quantitative estimate of drug-likeness (QED) is 0.214. The van der Waals surface area contributed by atoms with E-state index in [1.807, 2.05) is 90.6 Å². The zero-order chi connectivity index (χ0) is 31.1. The Morgan fingerprint density at radius 2 is 1.07 bits per heavy atom. The third-order valence-corrected chi connectivity index (χ3v) is 7.13. The number of fused-ring (bicyclic) bond motifs is 2. The molecule has 0 unspecified atom stereocenters. The smallest absolute Gasteiger partial charge is 0.280 e. The van der Waals surface area contributed by atoms with Crippen LogP contribution >= 0.6 is 35.3 Å². The number of thioether (sulfide) groups is 3. The zero-order valence-corrected chi connectivity index (χ0v) is 27.8. The summed E-state index contributed by atoms with van der Waals surface area (Å²) >= 11 is 4.75. The summed E-state index contributed by atoms with van der Waals surface area (Å²) < 4.78 is 0. The average Bonchev–Trinajstić information content (AvgIpc) is 3.72. The van der Waals surface area contributed by atoms with Crippen LogP contribution < -0.4 is 0 Å². The van der Waals surface area contributed by atoms with Crippen LogP contribution in [0.2, 0.25) is 0 Å². The van der Waals surface area contributed by atoms with Crippen molar-refractivity contribution in [1.82, 2.24) is 9.97 Å². The van der Waals surface area contributed by atoms with E-state index in [4.69, 9.17) is 0 Å². The summed E-state index contributed by atoms with van der Waals surface area (Å²) in [6.45, 7) is 12.0. The molecular formula is C30H42N4O4S3. The standard InChI is InChI=1S/C14H12N2O2S.C10H12N2O2S2.3C2H6/c1-19-7-9-10-11(14(18)15-9)12(16-13(10)17)8-5-3-2-4-6-8;1-15-3-5-7-8(10(14)11-5)6(4-16-2)12-9(7)13;3*1-2/h2-6,16-17H,7H2,1H3;11,14H,3-4H2,1-2H3;3*1-2H3. The lowest BCUT2D eigenvalue weighted by Gasteiger charge is -1.99. The summed E-state index contributed by atoms with van der Waals surface area (Å²) in [5, 5.41) is 19.8. The second-order valence-corrected chi connectivity index (χ2v) is 10.3. The second kappa shape index (κ2) is 18.5. The van der Waals surface area contributed by atoms with Crippen LogP contribution in [0.5, 0.6) is 11.8 Å². The van der Waals surface area contributed by atoms with E-state index in [2.05, 4.69) is 20.0 Å². The Labute approximate surface area is 256 Å². The molecule has 2 aliphatic rings. The largest absolute Gasteiger partial charge is 0.494 e. The maximum Gasteiger partial charge on any atom is 0.280 e. The van der Waals surface area contributed by atoms with Crippen LogP contribution in [0.1, 0.15) is 79.1 Å². The van der Waals surface area contributed by atoms with Crippen LogP contribution in [-0.2, 0) is 5.75 Å². The monoisotopic (exact) mass is 618 g/mol. The van der Waals surface area contributed by atoms with E-state index >= 15 is 0 Å². The molecule has 4 N–H and O–H groups in total. The Morgan fingerprint density at radius 1 is 0.634 bits per heavy atom. The molecule has 41 heavy (non-hydrogen) atoms. The molecular weight excluding hydrogens is 577 g/mol. The van der Waals surface area contributed by atoms with Gasteiger partial charge in [0.15, 0.2) is 11.8 Å². The predicted octanol–water partition coefficient (Wildman–Crippen LogP) is 7.66. The Hall–Kier alpha value is -2.89. The number of benzene rings is 1. The molecule has 0 saturated carbocycles. The number of amides is 2. The van der Waals surface area contributed by atoms with Gasteiger partial charge in [0, 0.05) is 23.0 Å². The maximum absolute atomic E-state index is 12.0. The lowest BCUT2D eigenvalue weighted by Crippen LogP contribution is -2.00. The van der Waals surface area contributed by atoms with Gasteiger partial charge < -0.3 is 20.2 Å². The lowest BCUT2D eigenvalue weighted by molar-refractivity contribution is 0.0998. The molecule has 0 saturated heterocycles. The van der Waals surface area contributed by atoms with Gasteiger partial charge in [0.1, 0.15) is 0 Å². The van der Waals surface area contributed by atoms with Gasteiger partial charge in [-0.1, -0.05) is 71.9 Å². The Bertz CT molecular complexity index is 1350. The first-order valence-corrected chi connectivity index (χ1v) is 17.7. The fourth-order valence-electron chi connectivity index (χ4n) is 4.06. The first-order valence-electron chi connectivity index (χ1n) is 13.6. The molecule has 1 aromatic carbocycles. The van der Waals surface area contributed by atoms with Crippen LogP contribution in [0.25, 0.3) is 11.3 Å². The van der Waals surface area contributed by atoms with Gasteiger partial charge in [0.25, 0.3) is 11.8 Å². The Kier molecular flexibility index (Phi) is 16.3. The van der Waals surface area contributed by atoms with Gasteiger partial charge >= 0.3 is 0 Å². The third kappa shape index (κ3) is 8.33. The minimum atomic E-state index is -0.283. The second-order valence-electron chi connectivity index (χ2n) is 7.69. The minimum absolute atomic E-state index is 0.0208. The molecule has 8 nitrogen and oxygen atoms in total. The molecule has 3 aromatic rings. The molecule has 11 heteroatoms. The van der Waals surface area contributed by atoms with Crippen LogP contribution in [0.3, 0.4) is 0 Å². The lowest BCUT2D eigenvalue weighted by atomic mass is 10.0. The van der Waals surface area contributed by atoms with Gasteiger partial charge in [-0.25, -0.2) is 9.98 Å². The van der Waals surface area contributed by atoms with E-state index < -0.39 is 0 Å². The number of aromatic amines is 2. The number of H-pyrrole nitrogens is 2. The number of nitrogens with one attached hydrogen (secondary N) is 2. The molecule has 4 heterocycles. The van der Waals surface area contributed by atoms with Crippen molar-refractivity contribution in [1.29, 1.82) is 0 Å². The van der Waals surface area contributed by atoms with Gasteiger partial charge in [0.2, 0.25) is 0 Å². The van der Waals surface area contributed by atoms with Crippen molar-refractivity contribution in [2.24, 2.45) is 9.98 Å². The van der Waals surface area contributed by atoms with E-state index in [9.17, 15) is 19.8 Å². The highest BCUT2D eigenvalue weighted by atomic mass is 32.2. The number of rotatable bonds is 7. The van der Waals surface area contributed by atoms with Gasteiger partial charge in [0.05, 0.1) is 39.4 Å². The van der Waals surface area contributed by atoms with E-state index in [1.165, 1.54) is 0 Å². The molecule has 0 bridgehead atoms. The Morgan fingerprint density at radius 3 is 1.56 bits per heavy atom. The molecule has 0 fully saturated rings. The number of aromatic hydroxyl groups is 2. The SMILES string of the molecule is CC.CC.CC.CSCC1=NC(=O)c2c(-c3ccccc3)[nH]c(O)c21.CSCC1=NC(=O)c2c(CSC)[nH]c(O)c21. The predicted molar refractivity (Wildman–Crippen MR) is 180 cm³/mol. The first-order chi connectivity index (χ1) is 19.9. The van der Waals surface area contributed by atoms with Crippen LogP contribution in [0.15, 0.2) is 40.3 Å². The van der Waals surface area contributed by atoms with Gasteiger partial charge in [-0.2, -0.15) is 35.3 Å². The highest BCUT2D eigenvalue weighted by Gasteiger charge is 2.32. The molecule has 224 valence electrons. The van der Waals surface area contributed by atoms with Crippen molar-refractivity contribution in [3.63, 3.8) is 0 Å². The van der Waals surface area contributed by atoms with Gasteiger partial charge in [-0.3, -0.25) is 9.59 Å². The molecule has 0 radical (unpaired) electrons. The summed E-state index contributed by atoms with van der Waals surface area (Å²) in [4.78, 5) is 37.5. The van der Waals surface area contributed by atoms with Crippen LogP contribution in [-0.4, -0.2) is 73.7 Å². The number of hydrogen-bond donors (Lipinski definition) is 4. The maximum atomic E-state index is 12.0. The number of carbonyl (C=O) groups excluding carboxylic acids is 2. The number of aromatic nitrogens is 2. The van der Waals surface area contributed by atoms with E-state index in [0.29, 0.717) is 56.6 Å². The molecule has 2 amide bonds. The number of hydrogen-bond acceptors (Lipinski definition) is 7. The number of aliphatic imine (C=N–C) groups is 2. The molecule has 2 aromatic heterocycles. The first kappa shape index (κ1) is 36.1. The number of nitrogens with zero attached hydrogens (tertiary/aromatic N) is 2. The third-order valence-electron chi connectivity index (χ3n) is 5.43. The topological polar surface area (TPSA) is 131 Å². The molecule has 5 rings (SSSR count). The summed E-state index contributed by atoms with van der Waals surface area (Å²) in [6, 6.07) is 9.48. The van der Waals surface area contributed by atoms with Crippen molar-refractivity contribution >= 4 is 58.5 Å². The van der Waals surface area contributed by atoms with Crippen molar-refractivity contribution in [3.8, 4) is 23.0 Å². The summed E-state index contributed by atoms with van der Waals surface area (Å²) in [5.41, 5.74) is 5.78. The highest BCUT2D eigenvalue weighted by molar-refractivity contribution is 7.99. The molecule has 0 atom stereocenters. The average molecular weight is 619 g/mol. The van der Waals surface area contributed by atoms with Crippen molar-refractivity contribution in [2.45, 2.75) is 47.3 Å². The van der Waals surface area contributed by atoms with E-state index in [1.54, 1.807) is 35.3 Å².